The Kier molecular flexibility index (Phi) is 7.27. The number of rotatable bonds is 6. The number of amides is 1. The summed E-state index contributed by atoms with van der Waals surface area (Å²) in [7, 11) is 0. The van der Waals surface area contributed by atoms with Gasteiger partial charge in [-0.25, -0.2) is 4.39 Å². The van der Waals surface area contributed by atoms with E-state index >= 15 is 0 Å². The van der Waals surface area contributed by atoms with E-state index in [0.29, 0.717) is 0 Å². The number of hydrogen-bond donors (Lipinski definition) is 1. The van der Waals surface area contributed by atoms with Crippen LogP contribution in [-0.2, 0) is 4.79 Å². The number of nitrogens with one attached hydrogen (secondary N) is 1. The van der Waals surface area contributed by atoms with Gasteiger partial charge in [-0.3, -0.25) is 9.69 Å². The maximum atomic E-state index is 13.8. The van der Waals surface area contributed by atoms with E-state index in [1.165, 1.54) is 12.5 Å². The molecule has 0 aromatic heterocycles. The Balaban J connectivity index is 1.36. The molecular formula is C22H31FN4O. The Bertz CT molecular complexity index is 701. The highest BCUT2D eigenvalue weighted by atomic mass is 19.1. The summed E-state index contributed by atoms with van der Waals surface area (Å²) in [4.78, 5) is 16.3. The van der Waals surface area contributed by atoms with Crippen LogP contribution in [0.15, 0.2) is 18.2 Å². The number of nitriles is 1. The van der Waals surface area contributed by atoms with E-state index in [2.05, 4.69) is 15.1 Å². The van der Waals surface area contributed by atoms with Crippen LogP contribution in [0.5, 0.6) is 0 Å². The predicted molar refractivity (Wildman–Crippen MR) is 109 cm³/mol. The average Bonchev–Trinajstić information content (AvgIpc) is 2.70. The van der Waals surface area contributed by atoms with Crippen LogP contribution in [0.1, 0.15) is 44.1 Å². The number of anilines is 1. The second kappa shape index (κ2) is 9.88. The molecule has 1 aliphatic carbocycles. The summed E-state index contributed by atoms with van der Waals surface area (Å²) >= 11 is 0. The van der Waals surface area contributed by atoms with Gasteiger partial charge in [0, 0.05) is 43.5 Å². The summed E-state index contributed by atoms with van der Waals surface area (Å²) in [6, 6.07) is 7.48. The first-order chi connectivity index (χ1) is 13.6. The SMILES string of the molecule is Cc1c(F)cccc1N1CCN(CC[C@H]2CC[C@H](NC(=O)CC#N)CC2)CC1. The Morgan fingerprint density at radius 3 is 2.61 bits per heavy atom. The Morgan fingerprint density at radius 2 is 1.93 bits per heavy atom. The zero-order valence-corrected chi connectivity index (χ0v) is 16.8. The molecule has 1 heterocycles. The highest BCUT2D eigenvalue weighted by Gasteiger charge is 2.24. The van der Waals surface area contributed by atoms with Crippen molar-refractivity contribution < 1.29 is 9.18 Å². The molecule has 1 saturated heterocycles. The van der Waals surface area contributed by atoms with Gasteiger partial charge in [0.15, 0.2) is 0 Å². The largest absolute Gasteiger partial charge is 0.369 e. The second-order valence-electron chi connectivity index (χ2n) is 8.12. The van der Waals surface area contributed by atoms with E-state index < -0.39 is 0 Å². The van der Waals surface area contributed by atoms with Crippen LogP contribution in [0.3, 0.4) is 0 Å². The van der Waals surface area contributed by atoms with E-state index in [9.17, 15) is 9.18 Å². The fraction of sp³-hybridized carbons (Fsp3) is 0.636. The molecule has 6 heteroatoms. The van der Waals surface area contributed by atoms with Crippen LogP contribution in [-0.4, -0.2) is 49.6 Å². The maximum absolute atomic E-state index is 13.8. The highest BCUT2D eigenvalue weighted by molar-refractivity contribution is 5.78. The molecule has 1 aliphatic heterocycles. The maximum Gasteiger partial charge on any atom is 0.234 e. The van der Waals surface area contributed by atoms with Gasteiger partial charge >= 0.3 is 0 Å². The number of piperazine rings is 1. The van der Waals surface area contributed by atoms with Crippen LogP contribution < -0.4 is 10.2 Å². The molecule has 0 atom stereocenters. The number of hydrogen-bond acceptors (Lipinski definition) is 4. The summed E-state index contributed by atoms with van der Waals surface area (Å²) in [6.07, 6.45) is 5.52. The molecule has 1 N–H and O–H groups in total. The molecule has 1 aromatic rings. The fourth-order valence-electron chi connectivity index (χ4n) is 4.46. The zero-order valence-electron chi connectivity index (χ0n) is 16.8. The summed E-state index contributed by atoms with van der Waals surface area (Å²) < 4.78 is 13.8. The van der Waals surface area contributed by atoms with Crippen molar-refractivity contribution in [2.24, 2.45) is 5.92 Å². The number of benzene rings is 1. The van der Waals surface area contributed by atoms with Gasteiger partial charge in [0.05, 0.1) is 6.07 Å². The third kappa shape index (κ3) is 5.45. The third-order valence-corrected chi connectivity index (χ3v) is 6.26. The number of carbonyl (C=O) groups is 1. The van der Waals surface area contributed by atoms with E-state index in [4.69, 9.17) is 5.26 Å². The van der Waals surface area contributed by atoms with Crippen LogP contribution in [0, 0.1) is 30.0 Å². The fourth-order valence-corrected chi connectivity index (χ4v) is 4.46. The first kappa shape index (κ1) is 20.6. The molecule has 2 aliphatic rings. The summed E-state index contributed by atoms with van der Waals surface area (Å²) in [6.45, 7) is 6.91. The molecule has 3 rings (SSSR count). The molecule has 152 valence electrons. The smallest absolute Gasteiger partial charge is 0.234 e. The molecule has 2 fully saturated rings. The molecule has 0 bridgehead atoms. The Hall–Kier alpha value is -2.13. The van der Waals surface area contributed by atoms with Crippen molar-refractivity contribution in [3.8, 4) is 6.07 Å². The van der Waals surface area contributed by atoms with Gasteiger partial charge in [-0.05, 0) is 63.6 Å². The second-order valence-corrected chi connectivity index (χ2v) is 8.12. The molecule has 5 nitrogen and oxygen atoms in total. The van der Waals surface area contributed by atoms with Gasteiger partial charge in [0.1, 0.15) is 12.2 Å². The minimum absolute atomic E-state index is 0.0406. The monoisotopic (exact) mass is 386 g/mol. The van der Waals surface area contributed by atoms with Gasteiger partial charge in [-0.1, -0.05) is 6.07 Å². The quantitative estimate of drug-likeness (QED) is 0.815. The minimum atomic E-state index is -0.141. The molecule has 0 radical (unpaired) electrons. The Labute approximate surface area is 167 Å². The number of nitrogens with zero attached hydrogens (tertiary/aromatic N) is 3. The molecule has 0 unspecified atom stereocenters. The topological polar surface area (TPSA) is 59.4 Å². The molecular weight excluding hydrogens is 355 g/mol. The summed E-state index contributed by atoms with van der Waals surface area (Å²) in [5, 5.41) is 11.5. The first-order valence-corrected chi connectivity index (χ1v) is 10.5. The van der Waals surface area contributed by atoms with Crippen molar-refractivity contribution in [2.75, 3.05) is 37.6 Å². The molecule has 1 aromatic carbocycles. The Morgan fingerprint density at radius 1 is 1.21 bits per heavy atom. The average molecular weight is 387 g/mol. The van der Waals surface area contributed by atoms with Crippen LogP contribution in [0.4, 0.5) is 10.1 Å². The molecule has 1 amide bonds. The zero-order chi connectivity index (χ0) is 19.9. The lowest BCUT2D eigenvalue weighted by Crippen LogP contribution is -2.47. The number of carbonyl (C=O) groups excluding carboxylic acids is 1. The van der Waals surface area contributed by atoms with Crippen molar-refractivity contribution in [2.45, 2.75) is 51.5 Å². The first-order valence-electron chi connectivity index (χ1n) is 10.5. The predicted octanol–water partition coefficient (Wildman–Crippen LogP) is 3.23. The van der Waals surface area contributed by atoms with Gasteiger partial charge in [0.2, 0.25) is 5.91 Å². The highest BCUT2D eigenvalue weighted by Crippen LogP contribution is 2.28. The minimum Gasteiger partial charge on any atom is -0.369 e. The van der Waals surface area contributed by atoms with Crippen molar-refractivity contribution in [3.63, 3.8) is 0 Å². The van der Waals surface area contributed by atoms with E-state index in [1.54, 1.807) is 6.07 Å². The van der Waals surface area contributed by atoms with Crippen molar-refractivity contribution in [1.29, 1.82) is 5.26 Å². The van der Waals surface area contributed by atoms with Crippen LogP contribution in [0.2, 0.25) is 0 Å². The van der Waals surface area contributed by atoms with Crippen molar-refractivity contribution in [1.82, 2.24) is 10.2 Å². The molecule has 0 spiro atoms. The van der Waals surface area contributed by atoms with Crippen molar-refractivity contribution >= 4 is 11.6 Å². The van der Waals surface area contributed by atoms with E-state index in [1.807, 2.05) is 19.1 Å². The van der Waals surface area contributed by atoms with Gasteiger partial charge < -0.3 is 10.2 Å². The van der Waals surface area contributed by atoms with Crippen molar-refractivity contribution in [3.05, 3.63) is 29.6 Å². The third-order valence-electron chi connectivity index (χ3n) is 6.26. The normalized spacial score (nSPS) is 23.2. The van der Waals surface area contributed by atoms with E-state index in [-0.39, 0.29) is 24.2 Å². The van der Waals surface area contributed by atoms with E-state index in [0.717, 1.165) is 75.6 Å². The van der Waals surface area contributed by atoms with Crippen LogP contribution in [0.25, 0.3) is 0 Å². The molecule has 28 heavy (non-hydrogen) atoms. The lowest BCUT2D eigenvalue weighted by molar-refractivity contribution is -0.121. The van der Waals surface area contributed by atoms with Gasteiger partial charge in [-0.2, -0.15) is 5.26 Å². The molecule has 1 saturated carbocycles. The summed E-state index contributed by atoms with van der Waals surface area (Å²) in [5.74, 6) is 0.462. The van der Waals surface area contributed by atoms with Crippen LogP contribution >= 0.6 is 0 Å². The van der Waals surface area contributed by atoms with Gasteiger partial charge in [-0.15, -0.1) is 0 Å². The lowest BCUT2D eigenvalue weighted by Gasteiger charge is -2.38. The summed E-state index contributed by atoms with van der Waals surface area (Å²) in [5.41, 5.74) is 1.77. The standard InChI is InChI=1S/C22H31FN4O/c1-17-20(23)3-2-4-21(17)27-15-13-26(14-16-27)12-10-18-5-7-19(8-6-18)25-22(28)9-11-24/h2-4,18-19H,5-10,12-16H2,1H3,(H,25,28)/t18-,19-. The lowest BCUT2D eigenvalue weighted by atomic mass is 9.84. The van der Waals surface area contributed by atoms with Gasteiger partial charge in [0.25, 0.3) is 0 Å². The number of halogens is 1.